The molecule has 2 rings (SSSR count). The van der Waals surface area contributed by atoms with Gasteiger partial charge < -0.3 is 5.73 Å². The highest BCUT2D eigenvalue weighted by atomic mass is 19.1. The van der Waals surface area contributed by atoms with Gasteiger partial charge in [0.15, 0.2) is 0 Å². The molecule has 1 aromatic carbocycles. The zero-order valence-corrected chi connectivity index (χ0v) is 12.0. The molecule has 1 aliphatic rings. The summed E-state index contributed by atoms with van der Waals surface area (Å²) in [5.74, 6) is 0.631. The van der Waals surface area contributed by atoms with Crippen LogP contribution >= 0.6 is 0 Å². The molecule has 2 atom stereocenters. The maximum absolute atomic E-state index is 14.0. The lowest BCUT2D eigenvalue weighted by Crippen LogP contribution is -2.32. The van der Waals surface area contributed by atoms with Crippen molar-refractivity contribution in [3.63, 3.8) is 0 Å². The first kappa shape index (κ1) is 14.5. The average Bonchev–Trinajstić information content (AvgIpc) is 2.83. The number of likely N-dealkylation sites (tertiary alicyclic amines) is 1. The molecule has 0 spiro atoms. The van der Waals surface area contributed by atoms with Crippen molar-refractivity contribution < 1.29 is 4.39 Å². The molecule has 2 unspecified atom stereocenters. The number of hydrogen-bond acceptors (Lipinski definition) is 2. The van der Waals surface area contributed by atoms with E-state index >= 15 is 0 Å². The van der Waals surface area contributed by atoms with E-state index < -0.39 is 0 Å². The minimum Gasteiger partial charge on any atom is -0.329 e. The second kappa shape index (κ2) is 6.49. The smallest absolute Gasteiger partial charge is 0.128 e. The predicted octanol–water partition coefficient (Wildman–Crippen LogP) is 3.26. The number of hydrogen-bond donors (Lipinski definition) is 1. The Labute approximate surface area is 115 Å². The minimum absolute atomic E-state index is 0.0294. The van der Waals surface area contributed by atoms with E-state index in [9.17, 15) is 4.39 Å². The Morgan fingerprint density at radius 3 is 2.95 bits per heavy atom. The molecular weight excluding hydrogens is 239 g/mol. The lowest BCUT2D eigenvalue weighted by Gasteiger charge is -2.27. The van der Waals surface area contributed by atoms with Crippen LogP contribution < -0.4 is 5.73 Å². The summed E-state index contributed by atoms with van der Waals surface area (Å²) in [6.07, 6.45) is 3.71. The van der Waals surface area contributed by atoms with Crippen molar-refractivity contribution in [1.29, 1.82) is 0 Å². The molecule has 2 N–H and O–H groups in total. The second-order valence-corrected chi connectivity index (χ2v) is 5.71. The molecule has 2 nitrogen and oxygen atoms in total. The fourth-order valence-corrected chi connectivity index (χ4v) is 3.18. The van der Waals surface area contributed by atoms with Crippen LogP contribution in [0.2, 0.25) is 0 Å². The summed E-state index contributed by atoms with van der Waals surface area (Å²) in [6.45, 7) is 6.81. The standard InChI is InChI=1S/C16H25FN2/c1-3-4-13-7-8-19(11-13)16(10-18)14-9-12(2)5-6-15(14)17/h5-6,9,13,16H,3-4,7-8,10-11,18H2,1-2H3. The van der Waals surface area contributed by atoms with Crippen LogP contribution in [0.5, 0.6) is 0 Å². The van der Waals surface area contributed by atoms with Gasteiger partial charge in [0.05, 0.1) is 0 Å². The Kier molecular flexibility index (Phi) is 4.94. The number of nitrogens with zero attached hydrogens (tertiary/aromatic N) is 1. The predicted molar refractivity (Wildman–Crippen MR) is 77.5 cm³/mol. The maximum atomic E-state index is 14.0. The largest absolute Gasteiger partial charge is 0.329 e. The average molecular weight is 264 g/mol. The monoisotopic (exact) mass is 264 g/mol. The van der Waals surface area contributed by atoms with Crippen molar-refractivity contribution in [1.82, 2.24) is 4.90 Å². The van der Waals surface area contributed by atoms with Gasteiger partial charge in [-0.15, -0.1) is 0 Å². The third-order valence-electron chi connectivity index (χ3n) is 4.19. The van der Waals surface area contributed by atoms with Gasteiger partial charge >= 0.3 is 0 Å². The van der Waals surface area contributed by atoms with Gasteiger partial charge in [-0.3, -0.25) is 4.90 Å². The summed E-state index contributed by atoms with van der Waals surface area (Å²) in [6, 6.07) is 5.35. The Hall–Kier alpha value is -0.930. The normalized spacial score (nSPS) is 21.8. The van der Waals surface area contributed by atoms with Crippen molar-refractivity contribution >= 4 is 0 Å². The van der Waals surface area contributed by atoms with E-state index in [1.165, 1.54) is 19.3 Å². The van der Waals surface area contributed by atoms with E-state index in [4.69, 9.17) is 5.73 Å². The highest BCUT2D eigenvalue weighted by Gasteiger charge is 2.29. The van der Waals surface area contributed by atoms with Crippen LogP contribution in [0.15, 0.2) is 18.2 Å². The first-order valence-electron chi connectivity index (χ1n) is 7.35. The van der Waals surface area contributed by atoms with Crippen molar-refractivity contribution in [2.24, 2.45) is 11.7 Å². The van der Waals surface area contributed by atoms with Crippen LogP contribution in [0.25, 0.3) is 0 Å². The molecule has 106 valence electrons. The fraction of sp³-hybridized carbons (Fsp3) is 0.625. The molecule has 0 aromatic heterocycles. The highest BCUT2D eigenvalue weighted by molar-refractivity contribution is 5.27. The lowest BCUT2D eigenvalue weighted by molar-refractivity contribution is 0.235. The van der Waals surface area contributed by atoms with E-state index in [0.717, 1.165) is 30.1 Å². The number of nitrogens with two attached hydrogens (primary N) is 1. The molecule has 3 heteroatoms. The maximum Gasteiger partial charge on any atom is 0.128 e. The van der Waals surface area contributed by atoms with Gasteiger partial charge in [0, 0.05) is 24.7 Å². The molecule has 0 amide bonds. The van der Waals surface area contributed by atoms with Gasteiger partial charge in [-0.05, 0) is 38.3 Å². The molecule has 0 radical (unpaired) electrons. The third-order valence-corrected chi connectivity index (χ3v) is 4.19. The van der Waals surface area contributed by atoms with Crippen molar-refractivity contribution in [3.8, 4) is 0 Å². The molecule has 1 fully saturated rings. The van der Waals surface area contributed by atoms with E-state index in [1.54, 1.807) is 6.07 Å². The van der Waals surface area contributed by atoms with Crippen molar-refractivity contribution in [3.05, 3.63) is 35.1 Å². The first-order valence-corrected chi connectivity index (χ1v) is 7.35. The van der Waals surface area contributed by atoms with Crippen LogP contribution in [-0.2, 0) is 0 Å². The molecule has 1 aliphatic heterocycles. The minimum atomic E-state index is -0.125. The van der Waals surface area contributed by atoms with Gasteiger partial charge in [0.1, 0.15) is 5.82 Å². The van der Waals surface area contributed by atoms with Crippen molar-refractivity contribution in [2.45, 2.75) is 39.2 Å². The molecule has 0 aliphatic carbocycles. The zero-order chi connectivity index (χ0) is 13.8. The van der Waals surface area contributed by atoms with E-state index in [-0.39, 0.29) is 11.9 Å². The molecule has 0 bridgehead atoms. The zero-order valence-electron chi connectivity index (χ0n) is 12.0. The Bertz CT molecular complexity index is 419. The van der Waals surface area contributed by atoms with E-state index in [1.807, 2.05) is 19.1 Å². The van der Waals surface area contributed by atoms with Crippen LogP contribution in [0, 0.1) is 18.7 Å². The summed E-state index contributed by atoms with van der Waals surface area (Å²) in [7, 11) is 0. The summed E-state index contributed by atoms with van der Waals surface area (Å²) >= 11 is 0. The fourth-order valence-electron chi connectivity index (χ4n) is 3.18. The van der Waals surface area contributed by atoms with Crippen LogP contribution in [-0.4, -0.2) is 24.5 Å². The summed E-state index contributed by atoms with van der Waals surface area (Å²) in [4.78, 5) is 2.36. The number of rotatable bonds is 5. The van der Waals surface area contributed by atoms with Gasteiger partial charge in [-0.2, -0.15) is 0 Å². The lowest BCUT2D eigenvalue weighted by atomic mass is 10.0. The van der Waals surface area contributed by atoms with E-state index in [2.05, 4.69) is 11.8 Å². The molecule has 19 heavy (non-hydrogen) atoms. The van der Waals surface area contributed by atoms with Crippen LogP contribution in [0.3, 0.4) is 0 Å². The van der Waals surface area contributed by atoms with Gasteiger partial charge in [-0.1, -0.05) is 31.0 Å². The Balaban J connectivity index is 2.14. The Morgan fingerprint density at radius 1 is 1.47 bits per heavy atom. The SMILES string of the molecule is CCCC1CCN(C(CN)c2cc(C)ccc2F)C1. The number of halogens is 1. The molecule has 0 saturated carbocycles. The summed E-state index contributed by atoms with van der Waals surface area (Å²) in [5.41, 5.74) is 7.77. The van der Waals surface area contributed by atoms with Crippen LogP contribution in [0.1, 0.15) is 43.4 Å². The Morgan fingerprint density at radius 2 is 2.26 bits per heavy atom. The third kappa shape index (κ3) is 3.34. The van der Waals surface area contributed by atoms with Crippen molar-refractivity contribution in [2.75, 3.05) is 19.6 Å². The van der Waals surface area contributed by atoms with Gasteiger partial charge in [0.2, 0.25) is 0 Å². The topological polar surface area (TPSA) is 29.3 Å². The van der Waals surface area contributed by atoms with E-state index in [0.29, 0.717) is 6.54 Å². The van der Waals surface area contributed by atoms with Gasteiger partial charge in [0.25, 0.3) is 0 Å². The molecule has 1 aromatic rings. The first-order chi connectivity index (χ1) is 9.15. The summed E-state index contributed by atoms with van der Waals surface area (Å²) in [5, 5.41) is 0. The molecular formula is C16H25FN2. The number of benzene rings is 1. The van der Waals surface area contributed by atoms with Crippen LogP contribution in [0.4, 0.5) is 4.39 Å². The molecule has 1 saturated heterocycles. The highest BCUT2D eigenvalue weighted by Crippen LogP contribution is 2.30. The molecule has 1 heterocycles. The van der Waals surface area contributed by atoms with Gasteiger partial charge in [-0.25, -0.2) is 4.39 Å². The quantitative estimate of drug-likeness (QED) is 0.884. The summed E-state index contributed by atoms with van der Waals surface area (Å²) < 4.78 is 14.0. The number of aryl methyl sites for hydroxylation is 1. The second-order valence-electron chi connectivity index (χ2n) is 5.71.